The number of benzene rings is 1. The Hall–Kier alpha value is -2.40. The van der Waals surface area contributed by atoms with Crippen molar-refractivity contribution in [2.45, 2.75) is 19.5 Å². The molecular weight excluding hydrogens is 302 g/mol. The summed E-state index contributed by atoms with van der Waals surface area (Å²) in [4.78, 5) is 21.1. The van der Waals surface area contributed by atoms with E-state index in [2.05, 4.69) is 22.9 Å². The van der Waals surface area contributed by atoms with E-state index in [4.69, 9.17) is 4.74 Å². The Morgan fingerprint density at radius 2 is 2.21 bits per heavy atom. The molecule has 1 unspecified atom stereocenters. The van der Waals surface area contributed by atoms with Gasteiger partial charge in [0.15, 0.2) is 0 Å². The highest BCUT2D eigenvalue weighted by Gasteiger charge is 2.29. The van der Waals surface area contributed by atoms with Crippen LogP contribution in [0.1, 0.15) is 21.5 Å². The number of likely N-dealkylation sites (N-methyl/N-ethyl adjacent to an activating group) is 1. The normalized spacial score (nSPS) is 17.2. The second-order valence-corrected chi connectivity index (χ2v) is 6.51. The molecule has 126 valence electrons. The Morgan fingerprint density at radius 1 is 1.38 bits per heavy atom. The fourth-order valence-corrected chi connectivity index (χ4v) is 3.03. The fourth-order valence-electron chi connectivity index (χ4n) is 3.03. The smallest absolute Gasteiger partial charge is 0.256 e. The number of fused-ring (bicyclic) bond motifs is 1. The van der Waals surface area contributed by atoms with Gasteiger partial charge in [-0.15, -0.1) is 0 Å². The molecule has 0 N–H and O–H groups in total. The van der Waals surface area contributed by atoms with E-state index in [1.807, 2.05) is 37.2 Å². The van der Waals surface area contributed by atoms with E-state index in [0.717, 1.165) is 23.4 Å². The number of aromatic nitrogens is 1. The van der Waals surface area contributed by atoms with Gasteiger partial charge in [-0.1, -0.05) is 17.7 Å². The van der Waals surface area contributed by atoms with E-state index in [1.165, 1.54) is 0 Å². The highest BCUT2D eigenvalue weighted by Crippen LogP contribution is 2.27. The van der Waals surface area contributed by atoms with Gasteiger partial charge >= 0.3 is 0 Å². The summed E-state index contributed by atoms with van der Waals surface area (Å²) in [6, 6.07) is 9.72. The Labute approximate surface area is 142 Å². The number of hydrogen-bond acceptors (Lipinski definition) is 4. The Kier molecular flexibility index (Phi) is 4.81. The zero-order valence-electron chi connectivity index (χ0n) is 14.4. The Bertz CT molecular complexity index is 716. The van der Waals surface area contributed by atoms with Crippen LogP contribution in [0.15, 0.2) is 42.7 Å². The lowest BCUT2D eigenvalue weighted by Gasteiger charge is -2.31. The fraction of sp³-hybridized carbons (Fsp3) is 0.368. The number of carbonyl (C=O) groups is 1. The SMILES string of the molecule is Cc1ccc2c(c1)CN(C(=O)c1cccnc1)C(CN(C)C)CO2. The number of nitrogens with zero attached hydrogens (tertiary/aromatic N) is 3. The van der Waals surface area contributed by atoms with Crippen LogP contribution in [0.4, 0.5) is 0 Å². The number of aryl methyl sites for hydroxylation is 1. The van der Waals surface area contributed by atoms with Crippen LogP contribution in [0.3, 0.4) is 0 Å². The quantitative estimate of drug-likeness (QED) is 0.869. The number of ether oxygens (including phenoxy) is 1. The van der Waals surface area contributed by atoms with Crippen LogP contribution in [-0.2, 0) is 6.54 Å². The van der Waals surface area contributed by atoms with E-state index in [9.17, 15) is 4.79 Å². The number of carbonyl (C=O) groups excluding carboxylic acids is 1. The van der Waals surface area contributed by atoms with E-state index in [1.54, 1.807) is 18.5 Å². The highest BCUT2D eigenvalue weighted by atomic mass is 16.5. The first-order chi connectivity index (χ1) is 11.5. The third kappa shape index (κ3) is 3.57. The van der Waals surface area contributed by atoms with Gasteiger partial charge in [0.1, 0.15) is 12.4 Å². The van der Waals surface area contributed by atoms with Gasteiger partial charge in [0.25, 0.3) is 5.91 Å². The summed E-state index contributed by atoms with van der Waals surface area (Å²) >= 11 is 0. The van der Waals surface area contributed by atoms with Crippen LogP contribution < -0.4 is 4.74 Å². The van der Waals surface area contributed by atoms with Crippen LogP contribution in [0.25, 0.3) is 0 Å². The third-order valence-electron chi connectivity index (χ3n) is 4.17. The molecular formula is C19H23N3O2. The predicted octanol–water partition coefficient (Wildman–Crippen LogP) is 2.36. The van der Waals surface area contributed by atoms with E-state index in [-0.39, 0.29) is 11.9 Å². The minimum atomic E-state index is -0.0135. The average Bonchev–Trinajstić information content (AvgIpc) is 2.74. The van der Waals surface area contributed by atoms with Crippen molar-refractivity contribution in [1.29, 1.82) is 0 Å². The topological polar surface area (TPSA) is 45.7 Å². The summed E-state index contributed by atoms with van der Waals surface area (Å²) in [5.74, 6) is 0.860. The van der Waals surface area contributed by atoms with Gasteiger partial charge in [0.2, 0.25) is 0 Å². The number of pyridine rings is 1. The van der Waals surface area contributed by atoms with Crippen molar-refractivity contribution in [1.82, 2.24) is 14.8 Å². The minimum Gasteiger partial charge on any atom is -0.491 e. The lowest BCUT2D eigenvalue weighted by atomic mass is 10.1. The second-order valence-electron chi connectivity index (χ2n) is 6.51. The summed E-state index contributed by atoms with van der Waals surface area (Å²) in [6.45, 7) is 3.83. The molecule has 24 heavy (non-hydrogen) atoms. The molecule has 1 aromatic carbocycles. The molecule has 2 aromatic rings. The van der Waals surface area contributed by atoms with Gasteiger partial charge in [0, 0.05) is 24.5 Å². The van der Waals surface area contributed by atoms with Crippen molar-refractivity contribution in [3.8, 4) is 5.75 Å². The van der Waals surface area contributed by atoms with Crippen molar-refractivity contribution in [2.75, 3.05) is 27.2 Å². The molecule has 5 heteroatoms. The van der Waals surface area contributed by atoms with Gasteiger partial charge < -0.3 is 14.5 Å². The third-order valence-corrected chi connectivity index (χ3v) is 4.17. The van der Waals surface area contributed by atoms with Crippen LogP contribution in [0.5, 0.6) is 5.75 Å². The summed E-state index contributed by atoms with van der Waals surface area (Å²) in [5, 5.41) is 0. The molecule has 2 heterocycles. The molecule has 1 aliphatic rings. The predicted molar refractivity (Wildman–Crippen MR) is 93.1 cm³/mol. The van der Waals surface area contributed by atoms with Gasteiger partial charge in [-0.2, -0.15) is 0 Å². The van der Waals surface area contributed by atoms with E-state index < -0.39 is 0 Å². The number of amides is 1. The molecule has 0 fully saturated rings. The zero-order chi connectivity index (χ0) is 17.1. The molecule has 0 spiro atoms. The van der Waals surface area contributed by atoms with Crippen LogP contribution in [-0.4, -0.2) is 54.0 Å². The molecule has 1 aromatic heterocycles. The van der Waals surface area contributed by atoms with E-state index in [0.29, 0.717) is 18.7 Å². The number of hydrogen-bond donors (Lipinski definition) is 0. The molecule has 0 aliphatic carbocycles. The molecule has 0 bridgehead atoms. The van der Waals surface area contributed by atoms with E-state index >= 15 is 0 Å². The number of rotatable bonds is 3. The molecule has 1 atom stereocenters. The maximum absolute atomic E-state index is 13.1. The summed E-state index contributed by atoms with van der Waals surface area (Å²) < 4.78 is 6.00. The molecule has 0 radical (unpaired) electrons. The first-order valence-electron chi connectivity index (χ1n) is 8.12. The highest BCUT2D eigenvalue weighted by molar-refractivity contribution is 5.94. The van der Waals surface area contributed by atoms with Crippen molar-refractivity contribution < 1.29 is 9.53 Å². The van der Waals surface area contributed by atoms with Gasteiger partial charge in [-0.05, 0) is 39.2 Å². The van der Waals surface area contributed by atoms with Crippen molar-refractivity contribution in [2.24, 2.45) is 0 Å². The van der Waals surface area contributed by atoms with Crippen LogP contribution in [0, 0.1) is 6.92 Å². The lowest BCUT2D eigenvalue weighted by Crippen LogP contribution is -2.47. The van der Waals surface area contributed by atoms with Crippen LogP contribution >= 0.6 is 0 Å². The monoisotopic (exact) mass is 325 g/mol. The molecule has 3 rings (SSSR count). The second kappa shape index (κ2) is 7.01. The van der Waals surface area contributed by atoms with Crippen molar-refractivity contribution in [3.63, 3.8) is 0 Å². The first kappa shape index (κ1) is 16.5. The summed E-state index contributed by atoms with van der Waals surface area (Å²) in [7, 11) is 4.02. The molecule has 1 aliphatic heterocycles. The Morgan fingerprint density at radius 3 is 2.92 bits per heavy atom. The average molecular weight is 325 g/mol. The maximum Gasteiger partial charge on any atom is 0.256 e. The lowest BCUT2D eigenvalue weighted by molar-refractivity contribution is 0.0583. The molecule has 1 amide bonds. The van der Waals surface area contributed by atoms with Gasteiger partial charge in [-0.3, -0.25) is 9.78 Å². The Balaban J connectivity index is 1.95. The minimum absolute atomic E-state index is 0.00657. The van der Waals surface area contributed by atoms with Crippen molar-refractivity contribution in [3.05, 3.63) is 59.4 Å². The largest absolute Gasteiger partial charge is 0.491 e. The van der Waals surface area contributed by atoms with Crippen molar-refractivity contribution >= 4 is 5.91 Å². The molecule has 0 saturated carbocycles. The van der Waals surface area contributed by atoms with Gasteiger partial charge in [0.05, 0.1) is 18.2 Å². The van der Waals surface area contributed by atoms with Crippen LogP contribution in [0.2, 0.25) is 0 Å². The summed E-state index contributed by atoms with van der Waals surface area (Å²) in [6.07, 6.45) is 3.30. The maximum atomic E-state index is 13.1. The molecule has 5 nitrogen and oxygen atoms in total. The molecule has 0 saturated heterocycles. The standard InChI is InChI=1S/C19H23N3O2/c1-14-6-7-18-16(9-14)11-22(17(13-24-18)12-21(2)3)19(23)15-5-4-8-20-10-15/h4-10,17H,11-13H2,1-3H3. The first-order valence-corrected chi connectivity index (χ1v) is 8.12. The van der Waals surface area contributed by atoms with Gasteiger partial charge in [-0.25, -0.2) is 0 Å². The zero-order valence-corrected chi connectivity index (χ0v) is 14.4. The summed E-state index contributed by atoms with van der Waals surface area (Å²) in [5.41, 5.74) is 2.82.